The summed E-state index contributed by atoms with van der Waals surface area (Å²) in [6.07, 6.45) is 0. The predicted molar refractivity (Wildman–Crippen MR) is 94.2 cm³/mol. The molecule has 1 aromatic heterocycles. The number of benzene rings is 2. The van der Waals surface area contributed by atoms with Crippen molar-refractivity contribution in [2.45, 2.75) is 30.6 Å². The zero-order valence-corrected chi connectivity index (χ0v) is 14.9. The molecule has 3 aromatic rings. The summed E-state index contributed by atoms with van der Waals surface area (Å²) >= 11 is 1.33. The maximum Gasteiger partial charge on any atom is 0.355 e. The van der Waals surface area contributed by atoms with Crippen LogP contribution in [0.25, 0.3) is 10.9 Å². The van der Waals surface area contributed by atoms with Crippen LogP contribution < -0.4 is 0 Å². The van der Waals surface area contributed by atoms with E-state index in [9.17, 15) is 13.6 Å². The summed E-state index contributed by atoms with van der Waals surface area (Å²) in [6, 6.07) is 8.16. The van der Waals surface area contributed by atoms with E-state index in [-0.39, 0.29) is 12.3 Å². The second-order valence-corrected chi connectivity index (χ2v) is 6.87. The summed E-state index contributed by atoms with van der Waals surface area (Å²) in [6.45, 7) is 5.88. The molecule has 1 N–H and O–H groups in total. The van der Waals surface area contributed by atoms with Crippen LogP contribution in [-0.4, -0.2) is 17.6 Å². The Morgan fingerprint density at radius 3 is 2.36 bits per heavy atom. The van der Waals surface area contributed by atoms with Gasteiger partial charge in [0, 0.05) is 16.3 Å². The quantitative estimate of drug-likeness (QED) is 0.634. The van der Waals surface area contributed by atoms with Crippen LogP contribution in [0.4, 0.5) is 8.78 Å². The molecular formula is C19H17F2NO2S. The van der Waals surface area contributed by atoms with Gasteiger partial charge in [0.2, 0.25) is 0 Å². The minimum Gasteiger partial charge on any atom is -0.461 e. The lowest BCUT2D eigenvalue weighted by Gasteiger charge is -2.07. The van der Waals surface area contributed by atoms with Crippen molar-refractivity contribution in [1.29, 1.82) is 0 Å². The number of fused-ring (bicyclic) bond motifs is 1. The zero-order chi connectivity index (χ0) is 18.1. The van der Waals surface area contributed by atoms with E-state index < -0.39 is 17.6 Å². The highest BCUT2D eigenvalue weighted by molar-refractivity contribution is 7.99. The molecule has 0 spiro atoms. The molecule has 2 aromatic carbocycles. The highest BCUT2D eigenvalue weighted by atomic mass is 32.2. The Labute approximate surface area is 148 Å². The van der Waals surface area contributed by atoms with Gasteiger partial charge in [-0.3, -0.25) is 0 Å². The summed E-state index contributed by atoms with van der Waals surface area (Å²) in [5, 5.41) is 0.450. The van der Waals surface area contributed by atoms with Crippen LogP contribution in [0, 0.1) is 25.5 Å². The van der Waals surface area contributed by atoms with E-state index in [1.165, 1.54) is 11.8 Å². The summed E-state index contributed by atoms with van der Waals surface area (Å²) < 4.78 is 32.4. The lowest BCUT2D eigenvalue weighted by Crippen LogP contribution is -2.06. The van der Waals surface area contributed by atoms with Gasteiger partial charge in [-0.05, 0) is 50.1 Å². The fourth-order valence-corrected chi connectivity index (χ4v) is 3.97. The topological polar surface area (TPSA) is 42.1 Å². The smallest absolute Gasteiger partial charge is 0.355 e. The van der Waals surface area contributed by atoms with Gasteiger partial charge in [-0.2, -0.15) is 0 Å². The van der Waals surface area contributed by atoms with E-state index in [0.29, 0.717) is 15.8 Å². The van der Waals surface area contributed by atoms with Crippen LogP contribution in [0.5, 0.6) is 0 Å². The second-order valence-electron chi connectivity index (χ2n) is 5.79. The molecule has 3 rings (SSSR count). The maximum atomic E-state index is 13.7. The first kappa shape index (κ1) is 17.5. The maximum absolute atomic E-state index is 13.7. The fourth-order valence-electron chi connectivity index (χ4n) is 2.73. The standard InChI is InChI=1S/C19H17F2NO2S/c1-4-24-19(23)17-18(25-12-6-10(2)5-11(3)7-12)13-8-14(20)15(21)9-16(13)22-17/h5-9,22H,4H2,1-3H3. The average molecular weight is 361 g/mol. The third-order valence-corrected chi connectivity index (χ3v) is 4.79. The number of halogens is 2. The molecule has 3 nitrogen and oxygen atoms in total. The first-order chi connectivity index (χ1) is 11.9. The Balaban J connectivity index is 2.17. The van der Waals surface area contributed by atoms with Crippen LogP contribution in [0.3, 0.4) is 0 Å². The molecule has 0 atom stereocenters. The predicted octanol–water partition coefficient (Wildman–Crippen LogP) is 5.39. The van der Waals surface area contributed by atoms with Gasteiger partial charge in [-0.15, -0.1) is 0 Å². The van der Waals surface area contributed by atoms with Gasteiger partial charge < -0.3 is 9.72 Å². The lowest BCUT2D eigenvalue weighted by atomic mass is 10.2. The first-order valence-electron chi connectivity index (χ1n) is 7.83. The van der Waals surface area contributed by atoms with Gasteiger partial charge >= 0.3 is 5.97 Å². The van der Waals surface area contributed by atoms with Crippen molar-refractivity contribution < 1.29 is 18.3 Å². The second kappa shape index (κ2) is 6.88. The van der Waals surface area contributed by atoms with Gasteiger partial charge in [0.05, 0.1) is 17.0 Å². The molecule has 0 bridgehead atoms. The molecule has 1 heterocycles. The van der Waals surface area contributed by atoms with E-state index in [4.69, 9.17) is 4.74 Å². The zero-order valence-electron chi connectivity index (χ0n) is 14.1. The number of esters is 1. The van der Waals surface area contributed by atoms with Crippen LogP contribution in [0.2, 0.25) is 0 Å². The van der Waals surface area contributed by atoms with Crippen molar-refractivity contribution in [3.8, 4) is 0 Å². The van der Waals surface area contributed by atoms with Crippen molar-refractivity contribution in [2.24, 2.45) is 0 Å². The molecule has 0 aliphatic heterocycles. The number of aromatic amines is 1. The van der Waals surface area contributed by atoms with Crippen molar-refractivity contribution in [2.75, 3.05) is 6.61 Å². The minimum absolute atomic E-state index is 0.200. The molecule has 0 amide bonds. The van der Waals surface area contributed by atoms with Gasteiger partial charge in [0.15, 0.2) is 11.6 Å². The average Bonchev–Trinajstić information content (AvgIpc) is 2.85. The van der Waals surface area contributed by atoms with Gasteiger partial charge in [0.25, 0.3) is 0 Å². The summed E-state index contributed by atoms with van der Waals surface area (Å²) in [7, 11) is 0. The number of H-pyrrole nitrogens is 1. The summed E-state index contributed by atoms with van der Waals surface area (Å²) in [5.74, 6) is -2.47. The van der Waals surface area contributed by atoms with Gasteiger partial charge in [0.1, 0.15) is 5.69 Å². The number of ether oxygens (including phenoxy) is 1. The number of carbonyl (C=O) groups excluding carboxylic acids is 1. The molecule has 0 radical (unpaired) electrons. The molecule has 25 heavy (non-hydrogen) atoms. The summed E-state index contributed by atoms with van der Waals surface area (Å²) in [4.78, 5) is 16.6. The molecule has 0 unspecified atom stereocenters. The van der Waals surface area contributed by atoms with E-state index in [1.807, 2.05) is 32.0 Å². The highest BCUT2D eigenvalue weighted by Gasteiger charge is 2.21. The van der Waals surface area contributed by atoms with E-state index in [2.05, 4.69) is 4.98 Å². The Morgan fingerprint density at radius 2 is 1.72 bits per heavy atom. The minimum atomic E-state index is -0.966. The number of aryl methyl sites for hydroxylation is 2. The first-order valence-corrected chi connectivity index (χ1v) is 8.64. The van der Waals surface area contributed by atoms with Crippen molar-refractivity contribution in [1.82, 2.24) is 4.98 Å². The normalized spacial score (nSPS) is 11.1. The molecule has 6 heteroatoms. The molecule has 0 fully saturated rings. The fraction of sp³-hybridized carbons (Fsp3) is 0.211. The molecule has 130 valence electrons. The third-order valence-electron chi connectivity index (χ3n) is 3.69. The van der Waals surface area contributed by atoms with Crippen LogP contribution in [-0.2, 0) is 4.74 Å². The van der Waals surface area contributed by atoms with E-state index in [1.54, 1.807) is 6.92 Å². The Morgan fingerprint density at radius 1 is 1.08 bits per heavy atom. The Hall–Kier alpha value is -2.34. The SMILES string of the molecule is CCOC(=O)c1[nH]c2cc(F)c(F)cc2c1Sc1cc(C)cc(C)c1. The third kappa shape index (κ3) is 3.54. The Bertz CT molecular complexity index is 945. The number of rotatable bonds is 4. The van der Waals surface area contributed by atoms with E-state index >= 15 is 0 Å². The van der Waals surface area contributed by atoms with Crippen LogP contribution in [0.15, 0.2) is 40.1 Å². The Kier molecular flexibility index (Phi) is 4.81. The highest BCUT2D eigenvalue weighted by Crippen LogP contribution is 2.38. The van der Waals surface area contributed by atoms with Crippen molar-refractivity contribution >= 4 is 28.6 Å². The largest absolute Gasteiger partial charge is 0.461 e. The van der Waals surface area contributed by atoms with Crippen molar-refractivity contribution in [3.63, 3.8) is 0 Å². The number of aromatic nitrogens is 1. The number of nitrogens with one attached hydrogen (secondary N) is 1. The van der Waals surface area contributed by atoms with Gasteiger partial charge in [-0.25, -0.2) is 13.6 Å². The number of hydrogen-bond donors (Lipinski definition) is 1. The van der Waals surface area contributed by atoms with Crippen molar-refractivity contribution in [3.05, 3.63) is 58.8 Å². The molecule has 0 saturated carbocycles. The molecule has 0 aliphatic rings. The van der Waals surface area contributed by atoms with E-state index in [0.717, 1.165) is 28.2 Å². The monoisotopic (exact) mass is 361 g/mol. The number of hydrogen-bond acceptors (Lipinski definition) is 3. The number of carbonyl (C=O) groups is 1. The molecule has 0 aliphatic carbocycles. The lowest BCUT2D eigenvalue weighted by molar-refractivity contribution is 0.0516. The van der Waals surface area contributed by atoms with Gasteiger partial charge in [-0.1, -0.05) is 17.8 Å². The molecular weight excluding hydrogens is 344 g/mol. The summed E-state index contributed by atoms with van der Waals surface area (Å²) in [5.41, 5.74) is 2.72. The van der Waals surface area contributed by atoms with Crippen LogP contribution >= 0.6 is 11.8 Å². The van der Waals surface area contributed by atoms with Crippen LogP contribution in [0.1, 0.15) is 28.5 Å². The molecule has 0 saturated heterocycles.